The van der Waals surface area contributed by atoms with Crippen LogP contribution in [0.15, 0.2) is 96.2 Å². The number of thioether (sulfide) groups is 1. The molecule has 0 saturated carbocycles. The highest BCUT2D eigenvalue weighted by Gasteiger charge is 2.33. The fourth-order valence-electron chi connectivity index (χ4n) is 5.24. The molecule has 48 heavy (non-hydrogen) atoms. The third-order valence-electron chi connectivity index (χ3n) is 7.76. The van der Waals surface area contributed by atoms with E-state index in [1.165, 1.54) is 17.8 Å². The molecule has 1 aromatic heterocycles. The number of amides is 2. The number of aromatic nitrogens is 1. The van der Waals surface area contributed by atoms with Crippen molar-refractivity contribution in [3.05, 3.63) is 113 Å². The summed E-state index contributed by atoms with van der Waals surface area (Å²) in [5.74, 6) is -0.937. The fraction of sp³-hybridized carbons (Fsp3) is 0.278. The first kappa shape index (κ1) is 34.6. The Balaban J connectivity index is 1.20. The van der Waals surface area contributed by atoms with E-state index in [4.69, 9.17) is 15.2 Å². The number of rotatable bonds is 14. The fourth-order valence-corrected chi connectivity index (χ4v) is 6.25. The quantitative estimate of drug-likeness (QED) is 0.0580. The summed E-state index contributed by atoms with van der Waals surface area (Å²) in [4.78, 5) is 41.0. The minimum atomic E-state index is -1.05. The lowest BCUT2D eigenvalue weighted by molar-refractivity contribution is -0.245. The Morgan fingerprint density at radius 1 is 0.875 bits per heavy atom. The lowest BCUT2D eigenvalue weighted by atomic mass is 10.0. The van der Waals surface area contributed by atoms with E-state index in [1.54, 1.807) is 42.6 Å². The van der Waals surface area contributed by atoms with Crippen LogP contribution in [0, 0.1) is 0 Å². The second-order valence-electron chi connectivity index (χ2n) is 11.3. The standard InChI is InChI=1S/C36H38N4O7S/c37-29-10-1-2-11-30(29)40-33(43)13-4-3-12-32(42)39-26-8-5-7-25(19-26)36-46-27(22-48-34-28(35(44)45)9-6-18-38-34)20-31(47-36)24-16-14-23(21-41)15-17-24/h1-2,5-11,14-19,27,31,36,41H,3-4,12-13,20-22,37H2,(H,39,42)(H,40,43)(H,44,45)/t27-,31+,36+/m1/s1. The number of hydrogen-bond donors (Lipinski definition) is 5. The predicted octanol–water partition coefficient (Wildman–Crippen LogP) is 6.33. The number of para-hydroxylation sites is 2. The van der Waals surface area contributed by atoms with Crippen LogP contribution in [0.4, 0.5) is 17.1 Å². The molecular formula is C36H38N4O7S. The molecule has 0 radical (unpaired) electrons. The molecule has 11 nitrogen and oxygen atoms in total. The van der Waals surface area contributed by atoms with Crippen LogP contribution < -0.4 is 16.4 Å². The van der Waals surface area contributed by atoms with Gasteiger partial charge in [-0.05, 0) is 60.4 Å². The number of anilines is 3. The Morgan fingerprint density at radius 2 is 1.62 bits per heavy atom. The van der Waals surface area contributed by atoms with Gasteiger partial charge in [0.05, 0.1) is 35.8 Å². The smallest absolute Gasteiger partial charge is 0.338 e. The number of carbonyl (C=O) groups is 3. The number of hydrogen-bond acceptors (Lipinski definition) is 9. The van der Waals surface area contributed by atoms with Crippen LogP contribution in [-0.2, 0) is 25.7 Å². The van der Waals surface area contributed by atoms with E-state index in [1.807, 2.05) is 42.5 Å². The highest BCUT2D eigenvalue weighted by Crippen LogP contribution is 2.40. The maximum atomic E-state index is 12.8. The van der Waals surface area contributed by atoms with Gasteiger partial charge >= 0.3 is 5.97 Å². The van der Waals surface area contributed by atoms with Gasteiger partial charge in [-0.3, -0.25) is 9.59 Å². The Bertz CT molecular complexity index is 1720. The van der Waals surface area contributed by atoms with Gasteiger partial charge in [-0.1, -0.05) is 48.5 Å². The molecule has 5 rings (SSSR count). The number of nitrogen functional groups attached to an aromatic ring is 1. The van der Waals surface area contributed by atoms with Gasteiger partial charge in [0.1, 0.15) is 5.03 Å². The highest BCUT2D eigenvalue weighted by atomic mass is 32.2. The molecule has 3 atom stereocenters. The molecule has 0 aliphatic carbocycles. The molecule has 250 valence electrons. The van der Waals surface area contributed by atoms with Gasteiger partial charge in [-0.25, -0.2) is 9.78 Å². The third-order valence-corrected chi connectivity index (χ3v) is 8.89. The van der Waals surface area contributed by atoms with Crippen molar-refractivity contribution in [3.63, 3.8) is 0 Å². The van der Waals surface area contributed by atoms with Crippen molar-refractivity contribution >= 4 is 46.6 Å². The molecule has 0 bridgehead atoms. The van der Waals surface area contributed by atoms with Crippen LogP contribution in [0.25, 0.3) is 0 Å². The molecule has 1 fully saturated rings. The SMILES string of the molecule is Nc1ccccc1NC(=O)CCCCC(=O)Nc1cccc([C@H]2O[C@@H](CSc3ncccc3C(=O)O)C[C@@H](c3ccc(CO)cc3)O2)c1. The number of carbonyl (C=O) groups excluding carboxylic acids is 2. The van der Waals surface area contributed by atoms with Gasteiger partial charge < -0.3 is 36.1 Å². The van der Waals surface area contributed by atoms with Crippen LogP contribution in [-0.4, -0.2) is 44.8 Å². The molecule has 1 saturated heterocycles. The van der Waals surface area contributed by atoms with E-state index in [-0.39, 0.29) is 49.0 Å². The number of carboxylic acids is 1. The second kappa shape index (κ2) is 16.9. The van der Waals surface area contributed by atoms with Crippen molar-refractivity contribution in [1.82, 2.24) is 4.98 Å². The molecule has 1 aliphatic rings. The van der Waals surface area contributed by atoms with Gasteiger partial charge in [0, 0.05) is 42.5 Å². The topological polar surface area (TPSA) is 173 Å². The number of aliphatic hydroxyl groups excluding tert-OH is 1. The monoisotopic (exact) mass is 670 g/mol. The van der Waals surface area contributed by atoms with Gasteiger partial charge in [0.15, 0.2) is 6.29 Å². The summed E-state index contributed by atoms with van der Waals surface area (Å²) in [6, 6.07) is 25.0. The van der Waals surface area contributed by atoms with E-state index in [2.05, 4.69) is 15.6 Å². The summed E-state index contributed by atoms with van der Waals surface area (Å²) in [7, 11) is 0. The first-order valence-electron chi connectivity index (χ1n) is 15.6. The number of aromatic carboxylic acids is 1. The highest BCUT2D eigenvalue weighted by molar-refractivity contribution is 7.99. The van der Waals surface area contributed by atoms with Crippen LogP contribution in [0.5, 0.6) is 0 Å². The molecule has 6 N–H and O–H groups in total. The number of nitrogens with one attached hydrogen (secondary N) is 2. The van der Waals surface area contributed by atoms with Crippen LogP contribution in [0.3, 0.4) is 0 Å². The van der Waals surface area contributed by atoms with Crippen molar-refractivity contribution in [2.45, 2.75) is 62.2 Å². The van der Waals surface area contributed by atoms with Crippen LogP contribution in [0.1, 0.15) is 71.5 Å². The second-order valence-corrected chi connectivity index (χ2v) is 12.3. The summed E-state index contributed by atoms with van der Waals surface area (Å²) in [5, 5.41) is 25.2. The van der Waals surface area contributed by atoms with Crippen molar-refractivity contribution < 1.29 is 34.1 Å². The van der Waals surface area contributed by atoms with Crippen molar-refractivity contribution in [3.8, 4) is 0 Å². The number of pyridine rings is 1. The first-order chi connectivity index (χ1) is 23.3. The summed E-state index contributed by atoms with van der Waals surface area (Å²) in [5.41, 5.74) is 10.1. The van der Waals surface area contributed by atoms with Crippen LogP contribution in [0.2, 0.25) is 0 Å². The summed E-state index contributed by atoms with van der Waals surface area (Å²) in [6.07, 6.45) is 2.27. The molecule has 0 unspecified atom stereocenters. The minimum Gasteiger partial charge on any atom is -0.478 e. The van der Waals surface area contributed by atoms with E-state index >= 15 is 0 Å². The average molecular weight is 671 g/mol. The minimum absolute atomic E-state index is 0.0650. The molecule has 0 spiro atoms. The number of aliphatic hydroxyl groups is 1. The number of nitrogens with zero attached hydrogens (tertiary/aromatic N) is 1. The Labute approximate surface area is 282 Å². The number of ether oxygens (including phenoxy) is 2. The lowest BCUT2D eigenvalue weighted by Gasteiger charge is -2.36. The molecule has 12 heteroatoms. The molecular weight excluding hydrogens is 632 g/mol. The Hall–Kier alpha value is -4.75. The first-order valence-corrected chi connectivity index (χ1v) is 16.6. The third kappa shape index (κ3) is 9.64. The molecule has 3 aromatic carbocycles. The van der Waals surface area contributed by atoms with Gasteiger partial charge in [0.25, 0.3) is 0 Å². The number of carboxylic acid groups (broad SMARTS) is 1. The summed E-state index contributed by atoms with van der Waals surface area (Å²) < 4.78 is 12.8. The van der Waals surface area contributed by atoms with E-state index < -0.39 is 12.3 Å². The molecule has 2 heterocycles. The lowest BCUT2D eigenvalue weighted by Crippen LogP contribution is -2.31. The summed E-state index contributed by atoms with van der Waals surface area (Å²) in [6.45, 7) is -0.0650. The maximum absolute atomic E-state index is 12.8. The Morgan fingerprint density at radius 3 is 2.35 bits per heavy atom. The van der Waals surface area contributed by atoms with Gasteiger partial charge in [0.2, 0.25) is 11.8 Å². The van der Waals surface area contributed by atoms with Crippen molar-refractivity contribution in [2.75, 3.05) is 22.1 Å². The van der Waals surface area contributed by atoms with E-state index in [0.717, 1.165) is 11.1 Å². The number of nitrogens with two attached hydrogens (primary N) is 1. The molecule has 4 aromatic rings. The molecule has 2 amide bonds. The van der Waals surface area contributed by atoms with Crippen LogP contribution >= 0.6 is 11.8 Å². The zero-order valence-electron chi connectivity index (χ0n) is 26.2. The molecule has 1 aliphatic heterocycles. The van der Waals surface area contributed by atoms with E-state index in [0.29, 0.717) is 52.7 Å². The maximum Gasteiger partial charge on any atom is 0.338 e. The average Bonchev–Trinajstić information content (AvgIpc) is 3.10. The summed E-state index contributed by atoms with van der Waals surface area (Å²) >= 11 is 1.31. The zero-order chi connectivity index (χ0) is 33.9. The largest absolute Gasteiger partial charge is 0.478 e. The number of benzene rings is 3. The number of unbranched alkanes of at least 4 members (excludes halogenated alkanes) is 1. The Kier molecular flexibility index (Phi) is 12.2. The predicted molar refractivity (Wildman–Crippen MR) is 183 cm³/mol. The van der Waals surface area contributed by atoms with Gasteiger partial charge in [-0.2, -0.15) is 0 Å². The zero-order valence-corrected chi connectivity index (χ0v) is 27.0. The van der Waals surface area contributed by atoms with Crippen molar-refractivity contribution in [2.24, 2.45) is 0 Å². The van der Waals surface area contributed by atoms with Crippen molar-refractivity contribution in [1.29, 1.82) is 0 Å². The normalized spacial score (nSPS) is 17.4. The van der Waals surface area contributed by atoms with E-state index in [9.17, 15) is 24.6 Å². The van der Waals surface area contributed by atoms with Gasteiger partial charge in [-0.15, -0.1) is 11.8 Å².